The number of hydroxylamine groups is 1. The molecule has 10 heteroatoms. The second kappa shape index (κ2) is 10.5. The van der Waals surface area contributed by atoms with Gasteiger partial charge in [0.25, 0.3) is 11.5 Å². The number of hydrogen-bond acceptors (Lipinski definition) is 7. The van der Waals surface area contributed by atoms with Gasteiger partial charge in [-0.05, 0) is 53.6 Å². The van der Waals surface area contributed by atoms with Crippen LogP contribution in [0.1, 0.15) is 18.9 Å². The maximum Gasteiger partial charge on any atom is 0.264 e. The molecular formula is C26H31N3O6S. The van der Waals surface area contributed by atoms with Gasteiger partial charge in [0.1, 0.15) is 0 Å². The van der Waals surface area contributed by atoms with Crippen LogP contribution >= 0.6 is 0 Å². The summed E-state index contributed by atoms with van der Waals surface area (Å²) in [7, 11) is -3.84. The van der Waals surface area contributed by atoms with Gasteiger partial charge in [-0.1, -0.05) is 30.3 Å². The maximum atomic E-state index is 13.1. The lowest BCUT2D eigenvalue weighted by molar-refractivity contribution is -0.131. The highest BCUT2D eigenvalue weighted by atomic mass is 32.2. The molecule has 0 saturated carbocycles. The van der Waals surface area contributed by atoms with E-state index in [1.807, 2.05) is 12.1 Å². The van der Waals surface area contributed by atoms with Crippen molar-refractivity contribution >= 4 is 26.5 Å². The molecule has 1 fully saturated rings. The fourth-order valence-electron chi connectivity index (χ4n) is 4.38. The van der Waals surface area contributed by atoms with Gasteiger partial charge < -0.3 is 9.30 Å². The maximum absolute atomic E-state index is 13.1. The van der Waals surface area contributed by atoms with E-state index in [9.17, 15) is 18.0 Å². The largest absolute Gasteiger partial charge is 0.379 e. The number of sulfone groups is 1. The van der Waals surface area contributed by atoms with Crippen molar-refractivity contribution in [3.05, 3.63) is 70.6 Å². The molecular weight excluding hydrogens is 482 g/mol. The number of amides is 1. The number of hydrogen-bond donors (Lipinski definition) is 2. The lowest BCUT2D eigenvalue weighted by atomic mass is 10.0. The summed E-state index contributed by atoms with van der Waals surface area (Å²) in [6, 6.07) is 15.8. The van der Waals surface area contributed by atoms with E-state index >= 15 is 0 Å². The number of fused-ring (bicyclic) bond motifs is 1. The first-order valence-electron chi connectivity index (χ1n) is 11.8. The molecule has 1 amide bonds. The van der Waals surface area contributed by atoms with Crippen LogP contribution in [0.3, 0.4) is 0 Å². The zero-order valence-corrected chi connectivity index (χ0v) is 21.3. The van der Waals surface area contributed by atoms with Gasteiger partial charge in [0, 0.05) is 44.0 Å². The van der Waals surface area contributed by atoms with Gasteiger partial charge in [-0.25, -0.2) is 13.9 Å². The monoisotopic (exact) mass is 513 g/mol. The van der Waals surface area contributed by atoms with Crippen LogP contribution in [0, 0.1) is 0 Å². The minimum Gasteiger partial charge on any atom is -0.379 e. The average molecular weight is 514 g/mol. The molecule has 1 aliphatic rings. The summed E-state index contributed by atoms with van der Waals surface area (Å²) in [5.74, 6) is -1.03. The van der Waals surface area contributed by atoms with Gasteiger partial charge in [0.2, 0.25) is 0 Å². The normalized spacial score (nSPS) is 16.5. The average Bonchev–Trinajstić information content (AvgIpc) is 2.88. The van der Waals surface area contributed by atoms with Gasteiger partial charge in [-0.15, -0.1) is 0 Å². The third kappa shape index (κ3) is 5.36. The Bertz CT molecular complexity index is 1410. The van der Waals surface area contributed by atoms with E-state index in [1.54, 1.807) is 18.3 Å². The highest BCUT2D eigenvalue weighted by Crippen LogP contribution is 2.25. The Balaban J connectivity index is 1.53. The standard InChI is InChI=1S/C26H31N3O6S/c1-26(25(31)27-32,36(2,33)34)10-12-29-11-9-22-17-21(7-8-23(22)24(29)30)20-5-3-19(4-6-20)18-28-13-15-35-16-14-28/h3-9,11,17,32H,10,12-16,18H2,1-2H3,(H,27,31). The van der Waals surface area contributed by atoms with Crippen LogP contribution in [-0.2, 0) is 32.5 Å². The van der Waals surface area contributed by atoms with Crippen molar-refractivity contribution in [3.8, 4) is 11.1 Å². The molecule has 1 aromatic heterocycles. The van der Waals surface area contributed by atoms with Gasteiger partial charge in [-0.3, -0.25) is 19.7 Å². The molecule has 9 nitrogen and oxygen atoms in total. The molecule has 0 bridgehead atoms. The van der Waals surface area contributed by atoms with Gasteiger partial charge in [0.05, 0.1) is 13.2 Å². The Kier molecular flexibility index (Phi) is 7.60. The lowest BCUT2D eigenvalue weighted by Gasteiger charge is -2.26. The van der Waals surface area contributed by atoms with Crippen LogP contribution in [0.15, 0.2) is 59.5 Å². The molecule has 36 heavy (non-hydrogen) atoms. The Hall–Kier alpha value is -3.05. The van der Waals surface area contributed by atoms with Crippen molar-refractivity contribution in [2.24, 2.45) is 0 Å². The van der Waals surface area contributed by atoms with Crippen LogP contribution in [0.2, 0.25) is 0 Å². The molecule has 1 saturated heterocycles. The quantitative estimate of drug-likeness (QED) is 0.350. The summed E-state index contributed by atoms with van der Waals surface area (Å²) in [4.78, 5) is 27.5. The van der Waals surface area contributed by atoms with Crippen LogP contribution in [0.4, 0.5) is 0 Å². The molecule has 192 valence electrons. The van der Waals surface area contributed by atoms with E-state index in [-0.39, 0.29) is 18.5 Å². The number of carbonyl (C=O) groups is 1. The first-order chi connectivity index (χ1) is 17.1. The molecule has 1 aliphatic heterocycles. The summed E-state index contributed by atoms with van der Waals surface area (Å²) in [6.45, 7) is 5.53. The van der Waals surface area contributed by atoms with E-state index in [2.05, 4.69) is 29.2 Å². The molecule has 4 rings (SSSR count). The third-order valence-corrected chi connectivity index (χ3v) is 9.03. The minimum atomic E-state index is -3.84. The smallest absolute Gasteiger partial charge is 0.264 e. The molecule has 0 radical (unpaired) electrons. The number of aromatic nitrogens is 1. The number of ether oxygens (including phenoxy) is 1. The zero-order valence-electron chi connectivity index (χ0n) is 20.4. The first-order valence-corrected chi connectivity index (χ1v) is 13.7. The Morgan fingerprint density at radius 3 is 2.39 bits per heavy atom. The number of rotatable bonds is 8. The van der Waals surface area contributed by atoms with Crippen molar-refractivity contribution in [1.82, 2.24) is 14.9 Å². The molecule has 2 N–H and O–H groups in total. The molecule has 2 aromatic carbocycles. The van der Waals surface area contributed by atoms with Crippen LogP contribution in [-0.4, -0.2) is 66.3 Å². The van der Waals surface area contributed by atoms with Crippen molar-refractivity contribution in [2.45, 2.75) is 31.2 Å². The van der Waals surface area contributed by atoms with E-state index in [4.69, 9.17) is 9.94 Å². The number of nitrogens with one attached hydrogen (secondary N) is 1. The number of aryl methyl sites for hydroxylation is 1. The van der Waals surface area contributed by atoms with Crippen molar-refractivity contribution in [2.75, 3.05) is 32.6 Å². The first kappa shape index (κ1) is 26.0. The zero-order chi connectivity index (χ0) is 25.9. The molecule has 0 aliphatic carbocycles. The summed E-state index contributed by atoms with van der Waals surface area (Å²) >= 11 is 0. The molecule has 1 unspecified atom stereocenters. The highest BCUT2D eigenvalue weighted by molar-refractivity contribution is 7.92. The van der Waals surface area contributed by atoms with E-state index in [1.165, 1.54) is 22.5 Å². The molecule has 2 heterocycles. The topological polar surface area (TPSA) is 118 Å². The number of benzene rings is 2. The van der Waals surface area contributed by atoms with Crippen molar-refractivity contribution in [3.63, 3.8) is 0 Å². The summed E-state index contributed by atoms with van der Waals surface area (Å²) in [5, 5.41) is 10.3. The predicted molar refractivity (Wildman–Crippen MR) is 138 cm³/mol. The number of nitrogens with zero attached hydrogens (tertiary/aromatic N) is 2. The Morgan fingerprint density at radius 2 is 1.75 bits per heavy atom. The van der Waals surface area contributed by atoms with Crippen molar-refractivity contribution in [1.29, 1.82) is 0 Å². The number of pyridine rings is 1. The molecule has 0 spiro atoms. The SMILES string of the molecule is CC(CCn1ccc2cc(-c3ccc(CN4CCOCC4)cc3)ccc2c1=O)(C(=O)NO)S(C)(=O)=O. The Labute approximate surface area is 210 Å². The van der Waals surface area contributed by atoms with Gasteiger partial charge in [-0.2, -0.15) is 0 Å². The summed E-state index contributed by atoms with van der Waals surface area (Å²) in [5.41, 5.74) is 4.42. The van der Waals surface area contributed by atoms with Gasteiger partial charge in [0.15, 0.2) is 14.6 Å². The molecule has 1 atom stereocenters. The highest BCUT2D eigenvalue weighted by Gasteiger charge is 2.43. The fourth-order valence-corrected chi connectivity index (χ4v) is 5.23. The third-order valence-electron chi connectivity index (χ3n) is 7.00. The van der Waals surface area contributed by atoms with Crippen LogP contribution < -0.4 is 11.0 Å². The van der Waals surface area contributed by atoms with Gasteiger partial charge >= 0.3 is 0 Å². The number of carbonyl (C=O) groups excluding carboxylic acids is 1. The van der Waals surface area contributed by atoms with E-state index < -0.39 is 20.5 Å². The van der Waals surface area contributed by atoms with E-state index in [0.717, 1.165) is 55.6 Å². The molecule has 3 aromatic rings. The summed E-state index contributed by atoms with van der Waals surface area (Å²) in [6.07, 6.45) is 2.36. The van der Waals surface area contributed by atoms with Crippen LogP contribution in [0.25, 0.3) is 21.9 Å². The van der Waals surface area contributed by atoms with Crippen molar-refractivity contribution < 1.29 is 23.2 Å². The summed E-state index contributed by atoms with van der Waals surface area (Å²) < 4.78 is 29.3. The lowest BCUT2D eigenvalue weighted by Crippen LogP contribution is -2.49. The fraction of sp³-hybridized carbons (Fsp3) is 0.385. The number of morpholine rings is 1. The Morgan fingerprint density at radius 1 is 1.08 bits per heavy atom. The van der Waals surface area contributed by atoms with E-state index in [0.29, 0.717) is 5.39 Å². The second-order valence-corrected chi connectivity index (χ2v) is 11.8. The minimum absolute atomic E-state index is 0.00187. The van der Waals surface area contributed by atoms with Crippen LogP contribution in [0.5, 0.6) is 0 Å². The predicted octanol–water partition coefficient (Wildman–Crippen LogP) is 2.20. The second-order valence-electron chi connectivity index (χ2n) is 9.40.